The highest BCUT2D eigenvalue weighted by Crippen LogP contribution is 2.43. The number of phosphoric ester groups is 1. The molecule has 0 radical (unpaired) electrons. The van der Waals surface area contributed by atoms with Gasteiger partial charge in [-0.25, -0.2) is 4.57 Å². The van der Waals surface area contributed by atoms with E-state index in [-0.39, 0.29) is 24.9 Å². The van der Waals surface area contributed by atoms with Gasteiger partial charge in [-0.2, -0.15) is 0 Å². The van der Waals surface area contributed by atoms with Gasteiger partial charge < -0.3 is 14.9 Å². The van der Waals surface area contributed by atoms with E-state index < -0.39 is 7.82 Å². The van der Waals surface area contributed by atoms with E-state index in [1.54, 1.807) is 0 Å². The zero-order chi connectivity index (χ0) is 27.2. The maximum absolute atomic E-state index is 12.3. The Kier molecular flexibility index (Phi) is 19.8. The van der Waals surface area contributed by atoms with Crippen LogP contribution in [0.3, 0.4) is 0 Å². The molecular weight excluding hydrogens is 489 g/mol. The second kappa shape index (κ2) is 21.7. The highest BCUT2D eigenvalue weighted by molar-refractivity contribution is 7.47. The quantitative estimate of drug-likeness (QED) is 0.112. The van der Waals surface area contributed by atoms with E-state index in [0.717, 1.165) is 30.8 Å². The van der Waals surface area contributed by atoms with Crippen LogP contribution in [0, 0.1) is 5.92 Å². The third-order valence-electron chi connectivity index (χ3n) is 6.39. The van der Waals surface area contributed by atoms with Crippen molar-refractivity contribution in [1.82, 2.24) is 0 Å². The monoisotopic (exact) mass is 542 g/mol. The molecule has 0 spiro atoms. The summed E-state index contributed by atoms with van der Waals surface area (Å²) >= 11 is 0. The predicted octanol–water partition coefficient (Wildman–Crippen LogP) is 6.23. The van der Waals surface area contributed by atoms with E-state index in [9.17, 15) is 14.3 Å². The van der Waals surface area contributed by atoms with Crippen LogP contribution in [0.2, 0.25) is 0 Å². The number of phosphoric acid groups is 1. The van der Waals surface area contributed by atoms with Crippen molar-refractivity contribution in [1.29, 1.82) is 0 Å². The van der Waals surface area contributed by atoms with Gasteiger partial charge in [0, 0.05) is 12.8 Å². The Morgan fingerprint density at radius 2 is 1.51 bits per heavy atom. The number of carbonyl (C=O) groups excluding carboxylic acids is 1. The van der Waals surface area contributed by atoms with Crippen molar-refractivity contribution in [3.05, 3.63) is 29.8 Å². The number of rotatable bonds is 25. The summed E-state index contributed by atoms with van der Waals surface area (Å²) in [6.07, 6.45) is 15.2. The molecule has 2 unspecified atom stereocenters. The molecule has 0 saturated carbocycles. The molecular formula is C29H53NO6P+. The summed E-state index contributed by atoms with van der Waals surface area (Å²) in [5.41, 5.74) is 1.04. The van der Waals surface area contributed by atoms with Gasteiger partial charge in [0.05, 0.1) is 26.8 Å². The van der Waals surface area contributed by atoms with Crippen LogP contribution in [-0.4, -0.2) is 44.1 Å². The maximum Gasteiger partial charge on any atom is 0.472 e. The van der Waals surface area contributed by atoms with Crippen molar-refractivity contribution in [2.45, 2.75) is 104 Å². The van der Waals surface area contributed by atoms with Gasteiger partial charge in [0.2, 0.25) is 0 Å². The van der Waals surface area contributed by atoms with Crippen molar-refractivity contribution in [2.24, 2.45) is 5.92 Å². The van der Waals surface area contributed by atoms with Gasteiger partial charge >= 0.3 is 7.82 Å². The molecule has 0 fully saturated rings. The summed E-state index contributed by atoms with van der Waals surface area (Å²) < 4.78 is 28.3. The van der Waals surface area contributed by atoms with E-state index in [2.05, 4.69) is 6.92 Å². The van der Waals surface area contributed by atoms with Gasteiger partial charge in [-0.05, 0) is 42.9 Å². The van der Waals surface area contributed by atoms with Crippen molar-refractivity contribution in [3.63, 3.8) is 0 Å². The summed E-state index contributed by atoms with van der Waals surface area (Å²) in [4.78, 5) is 22.2. The average molecular weight is 543 g/mol. The minimum absolute atomic E-state index is 0.00391. The van der Waals surface area contributed by atoms with Crippen LogP contribution in [0.15, 0.2) is 24.3 Å². The molecule has 8 heteroatoms. The van der Waals surface area contributed by atoms with Crippen molar-refractivity contribution < 1.29 is 33.4 Å². The SMILES string of the molecule is CCCCCCCCCCCCOc1ccc(CC(COP(=O)(O)OCC[NH2+]C)CC(=O)CCC)cc1. The first-order valence-corrected chi connectivity index (χ1v) is 16.0. The third-order valence-corrected chi connectivity index (χ3v) is 7.38. The Balaban J connectivity index is 2.40. The molecule has 1 aromatic carbocycles. The molecule has 37 heavy (non-hydrogen) atoms. The number of ketones is 1. The van der Waals surface area contributed by atoms with E-state index in [1.807, 2.05) is 43.6 Å². The zero-order valence-corrected chi connectivity index (χ0v) is 24.5. The minimum Gasteiger partial charge on any atom is -0.494 e. The summed E-state index contributed by atoms with van der Waals surface area (Å²) in [7, 11) is -2.27. The zero-order valence-electron chi connectivity index (χ0n) is 23.6. The number of likely N-dealkylation sites (N-methyl/N-ethyl adjacent to an activating group) is 1. The van der Waals surface area contributed by atoms with Gasteiger partial charge in [0.1, 0.15) is 18.1 Å². The first-order valence-electron chi connectivity index (χ1n) is 14.5. The average Bonchev–Trinajstić information content (AvgIpc) is 2.87. The van der Waals surface area contributed by atoms with Crippen LogP contribution in [0.1, 0.15) is 103 Å². The standard InChI is InChI=1S/C29H52NO6P/c1-4-6-7-8-9-10-11-12-13-14-21-34-29-18-16-26(17-19-29)23-27(24-28(31)15-5-2)25-36-37(32,33)35-22-20-30-3/h16-19,27,30H,4-15,20-25H2,1-3H3,(H,32,33)/p+1. The topological polar surface area (TPSA) is 98.7 Å². The highest BCUT2D eigenvalue weighted by Gasteiger charge is 2.24. The van der Waals surface area contributed by atoms with Gasteiger partial charge in [-0.1, -0.05) is 83.8 Å². The maximum atomic E-state index is 12.3. The second-order valence-corrected chi connectivity index (χ2v) is 11.5. The molecule has 7 nitrogen and oxygen atoms in total. The smallest absolute Gasteiger partial charge is 0.472 e. The van der Waals surface area contributed by atoms with E-state index in [1.165, 1.54) is 57.8 Å². The molecule has 0 aliphatic rings. The summed E-state index contributed by atoms with van der Waals surface area (Å²) in [5.74, 6) is 0.789. The first-order chi connectivity index (χ1) is 17.9. The molecule has 1 aromatic rings. The lowest BCUT2D eigenvalue weighted by atomic mass is 9.94. The normalized spacial score (nSPS) is 13.8. The van der Waals surface area contributed by atoms with Gasteiger partial charge in [-0.3, -0.25) is 13.8 Å². The van der Waals surface area contributed by atoms with Crippen LogP contribution < -0.4 is 10.1 Å². The Hall–Kier alpha value is -1.24. The molecule has 0 saturated heterocycles. The molecule has 0 aliphatic heterocycles. The van der Waals surface area contributed by atoms with Crippen LogP contribution in [0.4, 0.5) is 0 Å². The van der Waals surface area contributed by atoms with Gasteiger partial charge in [-0.15, -0.1) is 0 Å². The second-order valence-electron chi connectivity index (χ2n) is 10.0. The molecule has 0 amide bonds. The summed E-state index contributed by atoms with van der Waals surface area (Å²) in [5, 5.41) is 1.86. The molecule has 0 bridgehead atoms. The van der Waals surface area contributed by atoms with Gasteiger partial charge in [0.15, 0.2) is 0 Å². The lowest BCUT2D eigenvalue weighted by molar-refractivity contribution is -0.627. The fraction of sp³-hybridized carbons (Fsp3) is 0.759. The Labute approximate surface area is 225 Å². The van der Waals surface area contributed by atoms with Crippen LogP contribution in [0.5, 0.6) is 5.75 Å². The minimum atomic E-state index is -4.13. The molecule has 1 rings (SSSR count). The predicted molar refractivity (Wildman–Crippen MR) is 150 cm³/mol. The Bertz CT molecular complexity index is 742. The van der Waals surface area contributed by atoms with E-state index >= 15 is 0 Å². The number of nitrogens with two attached hydrogens (primary N) is 1. The lowest BCUT2D eigenvalue weighted by Crippen LogP contribution is -2.80. The summed E-state index contributed by atoms with van der Waals surface area (Å²) in [6, 6.07) is 7.91. The number of hydrogen-bond acceptors (Lipinski definition) is 5. The number of hydrogen-bond donors (Lipinski definition) is 2. The Morgan fingerprint density at radius 1 is 0.892 bits per heavy atom. The van der Waals surface area contributed by atoms with Gasteiger partial charge in [0.25, 0.3) is 0 Å². The Morgan fingerprint density at radius 3 is 2.11 bits per heavy atom. The van der Waals surface area contributed by atoms with Crippen molar-refractivity contribution >= 4 is 13.6 Å². The largest absolute Gasteiger partial charge is 0.494 e. The van der Waals surface area contributed by atoms with Crippen molar-refractivity contribution in [2.75, 3.05) is 33.4 Å². The van der Waals surface area contributed by atoms with Crippen LogP contribution >= 0.6 is 7.82 Å². The third kappa shape index (κ3) is 18.6. The fourth-order valence-corrected chi connectivity index (χ4v) is 5.06. The molecule has 2 atom stereocenters. The molecule has 0 aliphatic carbocycles. The highest BCUT2D eigenvalue weighted by atomic mass is 31.2. The number of benzene rings is 1. The van der Waals surface area contributed by atoms with Crippen molar-refractivity contribution in [3.8, 4) is 5.75 Å². The molecule has 0 aromatic heterocycles. The number of unbranched alkanes of at least 4 members (excludes halogenated alkanes) is 9. The fourth-order valence-electron chi connectivity index (χ4n) is 4.25. The number of Topliss-reactive ketones (excluding diaryl/α,β-unsaturated/α-hetero) is 1. The summed E-state index contributed by atoms with van der Waals surface area (Å²) in [6.45, 7) is 5.64. The van der Waals surface area contributed by atoms with E-state index in [4.69, 9.17) is 13.8 Å². The van der Waals surface area contributed by atoms with Crippen LogP contribution in [0.25, 0.3) is 0 Å². The molecule has 3 N–H and O–H groups in total. The number of quaternary nitrogens is 1. The van der Waals surface area contributed by atoms with E-state index in [0.29, 0.717) is 25.8 Å². The molecule has 0 heterocycles. The first kappa shape index (κ1) is 33.8. The van der Waals surface area contributed by atoms with Crippen LogP contribution in [-0.2, 0) is 24.8 Å². The number of carbonyl (C=O) groups is 1. The lowest BCUT2D eigenvalue weighted by Gasteiger charge is -2.19. The molecule has 214 valence electrons. The number of ether oxygens (including phenoxy) is 1.